The fourth-order valence-electron chi connectivity index (χ4n) is 1.90. The molecule has 1 fully saturated rings. The van der Waals surface area contributed by atoms with Gasteiger partial charge in [0.2, 0.25) is 5.69 Å². The van der Waals surface area contributed by atoms with Gasteiger partial charge in [-0.05, 0) is 0 Å². The first-order valence-corrected chi connectivity index (χ1v) is 6.12. The van der Waals surface area contributed by atoms with Crippen molar-refractivity contribution in [3.8, 4) is 5.88 Å². The van der Waals surface area contributed by atoms with E-state index in [1.54, 1.807) is 17.3 Å². The van der Waals surface area contributed by atoms with E-state index in [0.717, 1.165) is 38.5 Å². The number of aromatic nitrogens is 2. The lowest BCUT2D eigenvalue weighted by Gasteiger charge is -2.26. The van der Waals surface area contributed by atoms with Crippen molar-refractivity contribution in [3.05, 3.63) is 6.20 Å². The van der Waals surface area contributed by atoms with Crippen LogP contribution in [0.15, 0.2) is 6.20 Å². The summed E-state index contributed by atoms with van der Waals surface area (Å²) in [7, 11) is 3.48. The molecule has 1 aliphatic heterocycles. The van der Waals surface area contributed by atoms with Gasteiger partial charge in [0.05, 0.1) is 26.5 Å². The third-order valence-electron chi connectivity index (χ3n) is 2.82. The maximum Gasteiger partial charge on any atom is 0.298 e. The van der Waals surface area contributed by atoms with Gasteiger partial charge in [-0.25, -0.2) is 4.84 Å². The second kappa shape index (κ2) is 6.69. The Balaban J connectivity index is 1.78. The van der Waals surface area contributed by atoms with Crippen molar-refractivity contribution in [2.75, 3.05) is 46.6 Å². The van der Waals surface area contributed by atoms with Crippen molar-refractivity contribution in [2.45, 2.75) is 0 Å². The molecule has 0 atom stereocenters. The highest BCUT2D eigenvalue weighted by Gasteiger charge is 2.15. The van der Waals surface area contributed by atoms with Crippen molar-refractivity contribution < 1.29 is 19.8 Å². The SMILES string of the molecule is CO[NH2+]c1cn(C)nc1OCCN1CCOCC1. The number of nitrogens with zero attached hydrogens (tertiary/aromatic N) is 3. The molecular weight excluding hydrogens is 236 g/mol. The van der Waals surface area contributed by atoms with Gasteiger partial charge in [0.15, 0.2) is 0 Å². The predicted octanol–water partition coefficient (Wildman–Crippen LogP) is -1.11. The van der Waals surface area contributed by atoms with Crippen LogP contribution in [0.3, 0.4) is 0 Å². The zero-order chi connectivity index (χ0) is 12.8. The van der Waals surface area contributed by atoms with E-state index < -0.39 is 0 Å². The smallest absolute Gasteiger partial charge is 0.298 e. The number of aryl methyl sites for hydroxylation is 1. The molecule has 2 N–H and O–H groups in total. The van der Waals surface area contributed by atoms with Crippen LogP contribution in [0.2, 0.25) is 0 Å². The van der Waals surface area contributed by atoms with E-state index in [9.17, 15) is 0 Å². The third kappa shape index (κ3) is 3.67. The lowest BCUT2D eigenvalue weighted by Crippen LogP contribution is -2.75. The Labute approximate surface area is 107 Å². The van der Waals surface area contributed by atoms with Crippen LogP contribution < -0.4 is 10.2 Å². The van der Waals surface area contributed by atoms with E-state index in [-0.39, 0.29) is 0 Å². The van der Waals surface area contributed by atoms with Crippen molar-refractivity contribution in [3.63, 3.8) is 0 Å². The van der Waals surface area contributed by atoms with Crippen LogP contribution in [0, 0.1) is 0 Å². The summed E-state index contributed by atoms with van der Waals surface area (Å²) < 4.78 is 12.7. The summed E-state index contributed by atoms with van der Waals surface area (Å²) in [5.41, 5.74) is 2.50. The van der Waals surface area contributed by atoms with Gasteiger partial charge in [0.1, 0.15) is 6.61 Å². The molecule has 2 rings (SSSR count). The normalized spacial score (nSPS) is 17.0. The molecule has 0 spiro atoms. The lowest BCUT2D eigenvalue weighted by molar-refractivity contribution is -0.830. The van der Waals surface area contributed by atoms with Gasteiger partial charge < -0.3 is 9.47 Å². The number of hydrogen-bond donors (Lipinski definition) is 1. The first kappa shape index (κ1) is 13.3. The predicted molar refractivity (Wildman–Crippen MR) is 64.6 cm³/mol. The number of hydrogen-bond acceptors (Lipinski definition) is 5. The monoisotopic (exact) mass is 257 g/mol. The van der Waals surface area contributed by atoms with Gasteiger partial charge in [-0.1, -0.05) is 0 Å². The Hall–Kier alpha value is -1.15. The first-order valence-electron chi connectivity index (χ1n) is 6.12. The molecule has 0 aliphatic carbocycles. The Bertz CT molecular complexity index is 363. The summed E-state index contributed by atoms with van der Waals surface area (Å²) in [6.07, 6.45) is 1.87. The summed E-state index contributed by atoms with van der Waals surface area (Å²) in [5.74, 6) is 0.618. The molecule has 1 saturated heterocycles. The van der Waals surface area contributed by atoms with Crippen LogP contribution in [0.1, 0.15) is 0 Å². The van der Waals surface area contributed by atoms with Crippen LogP contribution in [0.5, 0.6) is 5.88 Å². The summed E-state index contributed by atoms with van der Waals surface area (Å²) >= 11 is 0. The standard InChI is InChI=1S/C11H20N4O3/c1-14-9-10(13-16-2)11(12-14)18-8-5-15-3-6-17-7-4-15/h9,13H,3-8H2,1-2H3/p+1. The minimum absolute atomic E-state index is 0.618. The van der Waals surface area contributed by atoms with Crippen molar-refractivity contribution in [1.82, 2.24) is 14.7 Å². The van der Waals surface area contributed by atoms with E-state index in [0.29, 0.717) is 12.5 Å². The molecule has 1 aromatic heterocycles. The van der Waals surface area contributed by atoms with Gasteiger partial charge in [-0.2, -0.15) is 5.48 Å². The molecule has 0 saturated carbocycles. The average Bonchev–Trinajstić information content (AvgIpc) is 2.72. The fourth-order valence-corrected chi connectivity index (χ4v) is 1.90. The molecule has 102 valence electrons. The highest BCUT2D eigenvalue weighted by atomic mass is 16.6. The van der Waals surface area contributed by atoms with Gasteiger partial charge in [-0.3, -0.25) is 9.58 Å². The van der Waals surface area contributed by atoms with Crippen LogP contribution in [0.25, 0.3) is 0 Å². The van der Waals surface area contributed by atoms with E-state index in [2.05, 4.69) is 10.00 Å². The summed E-state index contributed by atoms with van der Waals surface area (Å²) in [5, 5.41) is 4.25. The third-order valence-corrected chi connectivity index (χ3v) is 2.82. The summed E-state index contributed by atoms with van der Waals surface area (Å²) in [4.78, 5) is 7.32. The minimum atomic E-state index is 0.618. The maximum absolute atomic E-state index is 5.69. The number of nitrogens with two attached hydrogens (primary N) is 1. The summed E-state index contributed by atoms with van der Waals surface area (Å²) in [6.45, 7) is 5.10. The Morgan fingerprint density at radius 1 is 1.44 bits per heavy atom. The quantitative estimate of drug-likeness (QED) is 0.655. The molecule has 18 heavy (non-hydrogen) atoms. The zero-order valence-corrected chi connectivity index (χ0v) is 11.0. The topological polar surface area (TPSA) is 65.4 Å². The van der Waals surface area contributed by atoms with Crippen molar-refractivity contribution in [2.24, 2.45) is 7.05 Å². The van der Waals surface area contributed by atoms with E-state index in [1.807, 2.05) is 13.2 Å². The molecule has 0 unspecified atom stereocenters. The number of ether oxygens (including phenoxy) is 2. The van der Waals surface area contributed by atoms with Gasteiger partial charge in [-0.15, -0.1) is 5.10 Å². The molecule has 1 aromatic rings. The first-order chi connectivity index (χ1) is 8.79. The average molecular weight is 257 g/mol. The number of morpholine rings is 1. The molecule has 0 radical (unpaired) electrons. The van der Waals surface area contributed by atoms with Gasteiger partial charge in [0, 0.05) is 26.7 Å². The molecule has 7 heteroatoms. The number of rotatable bonds is 6. The second-order valence-corrected chi connectivity index (χ2v) is 4.22. The minimum Gasteiger partial charge on any atom is -0.471 e. The van der Waals surface area contributed by atoms with Gasteiger partial charge >= 0.3 is 0 Å². The molecule has 0 aromatic carbocycles. The largest absolute Gasteiger partial charge is 0.471 e. The highest BCUT2D eigenvalue weighted by molar-refractivity contribution is 5.36. The molecular formula is C11H21N4O3+. The fraction of sp³-hybridized carbons (Fsp3) is 0.727. The Kier molecular flexibility index (Phi) is 4.94. The molecule has 0 amide bonds. The van der Waals surface area contributed by atoms with E-state index in [1.165, 1.54) is 0 Å². The Morgan fingerprint density at radius 2 is 2.22 bits per heavy atom. The van der Waals surface area contributed by atoms with Crippen molar-refractivity contribution in [1.29, 1.82) is 0 Å². The highest BCUT2D eigenvalue weighted by Crippen LogP contribution is 2.16. The van der Waals surface area contributed by atoms with Crippen LogP contribution >= 0.6 is 0 Å². The van der Waals surface area contributed by atoms with Gasteiger partial charge in [0.25, 0.3) is 5.88 Å². The maximum atomic E-state index is 5.69. The molecule has 1 aliphatic rings. The lowest BCUT2D eigenvalue weighted by atomic mass is 10.4. The number of quaternary nitrogens is 1. The van der Waals surface area contributed by atoms with Crippen molar-refractivity contribution >= 4 is 5.69 Å². The summed E-state index contributed by atoms with van der Waals surface area (Å²) in [6, 6.07) is 0. The molecule has 2 heterocycles. The molecule has 7 nitrogen and oxygen atoms in total. The van der Waals surface area contributed by atoms with Crippen LogP contribution in [-0.4, -0.2) is 61.2 Å². The molecule has 0 bridgehead atoms. The Morgan fingerprint density at radius 3 is 2.94 bits per heavy atom. The van der Waals surface area contributed by atoms with E-state index >= 15 is 0 Å². The zero-order valence-electron chi connectivity index (χ0n) is 11.0. The van der Waals surface area contributed by atoms with Crippen LogP contribution in [-0.2, 0) is 16.6 Å². The van der Waals surface area contributed by atoms with Crippen LogP contribution in [0.4, 0.5) is 5.69 Å². The van der Waals surface area contributed by atoms with E-state index in [4.69, 9.17) is 14.3 Å². The second-order valence-electron chi connectivity index (χ2n) is 4.22.